The minimum atomic E-state index is -0.576. The van der Waals surface area contributed by atoms with Crippen LogP contribution in [0.1, 0.15) is 5.69 Å². The standard InChI is InChI=1S/C5H9BN2O2/c1-6(10)8-2-5(3-9)7-4-8/h2,4,9-10H,3H2,1H3. The van der Waals surface area contributed by atoms with Crippen LogP contribution in [0.5, 0.6) is 0 Å². The molecule has 5 heteroatoms. The van der Waals surface area contributed by atoms with Crippen molar-refractivity contribution in [3.8, 4) is 0 Å². The van der Waals surface area contributed by atoms with E-state index in [2.05, 4.69) is 4.98 Å². The maximum atomic E-state index is 8.97. The van der Waals surface area contributed by atoms with E-state index in [9.17, 15) is 0 Å². The zero-order chi connectivity index (χ0) is 7.56. The van der Waals surface area contributed by atoms with Crippen molar-refractivity contribution in [2.24, 2.45) is 0 Å². The van der Waals surface area contributed by atoms with Gasteiger partial charge < -0.3 is 14.6 Å². The molecule has 0 unspecified atom stereocenters. The Labute approximate surface area is 59.3 Å². The lowest BCUT2D eigenvalue weighted by Gasteiger charge is -1.96. The molecule has 0 radical (unpaired) electrons. The van der Waals surface area contributed by atoms with Crippen molar-refractivity contribution in [2.45, 2.75) is 13.4 Å². The molecular formula is C5H9BN2O2. The van der Waals surface area contributed by atoms with Crippen LogP contribution in [0.25, 0.3) is 0 Å². The Bertz CT molecular complexity index is 211. The molecule has 1 aromatic rings. The van der Waals surface area contributed by atoms with Crippen LogP contribution in [-0.2, 0) is 6.61 Å². The Morgan fingerprint density at radius 3 is 2.80 bits per heavy atom. The number of rotatable bonds is 2. The van der Waals surface area contributed by atoms with Crippen LogP contribution in [0, 0.1) is 0 Å². The van der Waals surface area contributed by atoms with Crippen molar-refractivity contribution < 1.29 is 10.1 Å². The van der Waals surface area contributed by atoms with E-state index in [0.29, 0.717) is 5.69 Å². The first-order valence-corrected chi connectivity index (χ1v) is 3.05. The Kier molecular flexibility index (Phi) is 2.08. The van der Waals surface area contributed by atoms with E-state index in [-0.39, 0.29) is 6.61 Å². The fourth-order valence-electron chi connectivity index (χ4n) is 0.666. The average molecular weight is 140 g/mol. The molecule has 0 aliphatic carbocycles. The third-order valence-corrected chi connectivity index (χ3v) is 1.25. The molecule has 4 nitrogen and oxygen atoms in total. The molecule has 54 valence electrons. The fraction of sp³-hybridized carbons (Fsp3) is 0.400. The van der Waals surface area contributed by atoms with Crippen LogP contribution < -0.4 is 0 Å². The van der Waals surface area contributed by atoms with Crippen molar-refractivity contribution in [1.29, 1.82) is 0 Å². The molecule has 0 atom stereocenters. The zero-order valence-electron chi connectivity index (χ0n) is 5.73. The van der Waals surface area contributed by atoms with E-state index in [1.165, 1.54) is 10.8 Å². The molecular weight excluding hydrogens is 131 g/mol. The van der Waals surface area contributed by atoms with Gasteiger partial charge in [-0.15, -0.1) is 0 Å². The van der Waals surface area contributed by atoms with Crippen LogP contribution >= 0.6 is 0 Å². The molecule has 0 fully saturated rings. The molecule has 0 saturated heterocycles. The van der Waals surface area contributed by atoms with E-state index in [1.807, 2.05) is 0 Å². The highest BCUT2D eigenvalue weighted by Gasteiger charge is 2.05. The summed E-state index contributed by atoms with van der Waals surface area (Å²) in [7, 11) is -0.576. The van der Waals surface area contributed by atoms with Crippen molar-refractivity contribution in [1.82, 2.24) is 9.46 Å². The monoisotopic (exact) mass is 140 g/mol. The summed E-state index contributed by atoms with van der Waals surface area (Å²) in [5, 5.41) is 17.5. The van der Waals surface area contributed by atoms with Crippen LogP contribution in [0.4, 0.5) is 0 Å². The fourth-order valence-corrected chi connectivity index (χ4v) is 0.666. The number of imidazole rings is 1. The Morgan fingerprint density at radius 2 is 2.50 bits per heavy atom. The summed E-state index contributed by atoms with van der Waals surface area (Å²) in [6.45, 7) is 1.54. The second-order valence-electron chi connectivity index (χ2n) is 2.10. The summed E-state index contributed by atoms with van der Waals surface area (Å²) < 4.78 is 1.52. The molecule has 0 spiro atoms. The van der Waals surface area contributed by atoms with Gasteiger partial charge >= 0.3 is 7.05 Å². The molecule has 2 N–H and O–H groups in total. The number of aromatic nitrogens is 2. The van der Waals surface area contributed by atoms with E-state index in [0.717, 1.165) is 0 Å². The highest BCUT2D eigenvalue weighted by atomic mass is 16.3. The van der Waals surface area contributed by atoms with E-state index < -0.39 is 7.05 Å². The van der Waals surface area contributed by atoms with Crippen molar-refractivity contribution >= 4 is 7.05 Å². The topological polar surface area (TPSA) is 58.3 Å². The largest absolute Gasteiger partial charge is 0.432 e. The van der Waals surface area contributed by atoms with Crippen molar-refractivity contribution in [3.63, 3.8) is 0 Å². The van der Waals surface area contributed by atoms with Crippen LogP contribution in [0.2, 0.25) is 6.82 Å². The molecule has 10 heavy (non-hydrogen) atoms. The lowest BCUT2D eigenvalue weighted by atomic mass is 9.89. The second-order valence-corrected chi connectivity index (χ2v) is 2.10. The van der Waals surface area contributed by atoms with E-state index in [1.54, 1.807) is 13.0 Å². The van der Waals surface area contributed by atoms with Gasteiger partial charge in [-0.1, -0.05) is 0 Å². The average Bonchev–Trinajstić information content (AvgIpc) is 2.34. The van der Waals surface area contributed by atoms with Gasteiger partial charge in [-0.05, 0) is 6.82 Å². The van der Waals surface area contributed by atoms with Crippen LogP contribution in [0.15, 0.2) is 12.5 Å². The van der Waals surface area contributed by atoms with Gasteiger partial charge in [0.05, 0.1) is 18.6 Å². The van der Waals surface area contributed by atoms with Crippen LogP contribution in [0.3, 0.4) is 0 Å². The predicted molar refractivity (Wildman–Crippen MR) is 37.4 cm³/mol. The summed E-state index contributed by atoms with van der Waals surface area (Å²) in [6, 6.07) is 0. The molecule has 0 amide bonds. The molecule has 0 aliphatic heterocycles. The quantitative estimate of drug-likeness (QED) is 0.535. The first kappa shape index (κ1) is 7.30. The van der Waals surface area contributed by atoms with Gasteiger partial charge in [-0.3, -0.25) is 0 Å². The van der Waals surface area contributed by atoms with Crippen molar-refractivity contribution in [3.05, 3.63) is 18.2 Å². The van der Waals surface area contributed by atoms with Gasteiger partial charge in [-0.2, -0.15) is 0 Å². The summed E-state index contributed by atoms with van der Waals surface area (Å²) in [6.07, 6.45) is 3.08. The number of aliphatic hydroxyl groups excluding tert-OH is 1. The molecule has 0 saturated carbocycles. The first-order chi connectivity index (χ1) is 4.74. The Balaban J connectivity index is 2.78. The Morgan fingerprint density at radius 1 is 1.80 bits per heavy atom. The van der Waals surface area contributed by atoms with Gasteiger partial charge in [0.2, 0.25) is 0 Å². The molecule has 1 aromatic heterocycles. The van der Waals surface area contributed by atoms with Crippen LogP contribution in [-0.4, -0.2) is 26.6 Å². The van der Waals surface area contributed by atoms with Gasteiger partial charge in [0.1, 0.15) is 0 Å². The summed E-state index contributed by atoms with van der Waals surface area (Å²) in [5.41, 5.74) is 0.570. The highest BCUT2D eigenvalue weighted by molar-refractivity contribution is 6.46. The Hall–Kier alpha value is -0.805. The van der Waals surface area contributed by atoms with Gasteiger partial charge in [0.25, 0.3) is 0 Å². The maximum Gasteiger partial charge on any atom is 0.414 e. The summed E-state index contributed by atoms with van der Waals surface area (Å²) in [5.74, 6) is 0. The minimum Gasteiger partial charge on any atom is -0.432 e. The normalized spacial score (nSPS) is 9.90. The van der Waals surface area contributed by atoms with Gasteiger partial charge in [0, 0.05) is 6.20 Å². The molecule has 0 bridgehead atoms. The highest BCUT2D eigenvalue weighted by Crippen LogP contribution is 1.95. The number of hydrogen-bond donors (Lipinski definition) is 2. The number of aliphatic hydroxyl groups is 1. The summed E-state index contributed by atoms with van der Waals surface area (Å²) in [4.78, 5) is 3.81. The number of nitrogens with zero attached hydrogens (tertiary/aromatic N) is 2. The SMILES string of the molecule is CB(O)n1cnc(CO)c1. The van der Waals surface area contributed by atoms with E-state index in [4.69, 9.17) is 10.1 Å². The number of hydrogen-bond acceptors (Lipinski definition) is 3. The summed E-state index contributed by atoms with van der Waals surface area (Å²) >= 11 is 0. The zero-order valence-corrected chi connectivity index (χ0v) is 5.73. The minimum absolute atomic E-state index is 0.0836. The third kappa shape index (κ3) is 1.37. The molecule has 1 heterocycles. The third-order valence-electron chi connectivity index (χ3n) is 1.25. The maximum absolute atomic E-state index is 8.97. The first-order valence-electron chi connectivity index (χ1n) is 3.05. The predicted octanol–water partition coefficient (Wildman–Crippen LogP) is -0.666. The molecule has 0 aliphatic rings. The van der Waals surface area contributed by atoms with Gasteiger partial charge in [-0.25, -0.2) is 4.98 Å². The van der Waals surface area contributed by atoms with Gasteiger partial charge in [0.15, 0.2) is 0 Å². The smallest absolute Gasteiger partial charge is 0.414 e. The lowest BCUT2D eigenvalue weighted by molar-refractivity contribution is 0.277. The second kappa shape index (κ2) is 2.85. The van der Waals surface area contributed by atoms with Crippen molar-refractivity contribution in [2.75, 3.05) is 0 Å². The van der Waals surface area contributed by atoms with E-state index >= 15 is 0 Å². The molecule has 1 rings (SSSR count). The lowest BCUT2D eigenvalue weighted by Crippen LogP contribution is -2.17. The molecule has 0 aromatic carbocycles.